The van der Waals surface area contributed by atoms with E-state index in [0.717, 1.165) is 5.56 Å². The molecule has 2 nitrogen and oxygen atoms in total. The Morgan fingerprint density at radius 3 is 2.54 bits per heavy atom. The van der Waals surface area contributed by atoms with Crippen molar-refractivity contribution in [2.24, 2.45) is 0 Å². The molecule has 0 unspecified atom stereocenters. The topological polar surface area (TPSA) is 29.1 Å². The van der Waals surface area contributed by atoms with Crippen molar-refractivity contribution in [2.75, 3.05) is 0 Å². The number of hydrogen-bond donors (Lipinski definition) is 1. The van der Waals surface area contributed by atoms with E-state index in [1.165, 1.54) is 0 Å². The van der Waals surface area contributed by atoms with Crippen LogP contribution in [0.5, 0.6) is 0 Å². The van der Waals surface area contributed by atoms with Crippen LogP contribution in [0, 0.1) is 0 Å². The van der Waals surface area contributed by atoms with Crippen LogP contribution in [-0.4, -0.2) is 5.91 Å². The third-order valence-electron chi connectivity index (χ3n) is 2.00. The zero-order valence-electron chi connectivity index (χ0n) is 8.08. The van der Waals surface area contributed by atoms with Crippen LogP contribution in [0.3, 0.4) is 0 Å². The van der Waals surface area contributed by atoms with Gasteiger partial charge in [-0.3, -0.25) is 4.79 Å². The summed E-state index contributed by atoms with van der Waals surface area (Å²) in [6.07, 6.45) is 0.539. The molecule has 1 aromatic carbocycles. The maximum absolute atomic E-state index is 11.1. The third kappa shape index (κ3) is 2.90. The van der Waals surface area contributed by atoms with Gasteiger partial charge in [0.2, 0.25) is 5.91 Å². The normalized spacial score (nSPS) is 12.2. The lowest BCUT2D eigenvalue weighted by molar-refractivity contribution is -0.121. The second-order valence-electron chi connectivity index (χ2n) is 3.05. The number of carbonyl (C=O) groups excluding carboxylic acids is 1. The van der Waals surface area contributed by atoms with Crippen molar-refractivity contribution in [1.29, 1.82) is 0 Å². The SMILES string of the molecule is CCC(=O)N[C@H](C)c1ccccc1. The van der Waals surface area contributed by atoms with E-state index in [1.807, 2.05) is 44.2 Å². The summed E-state index contributed by atoms with van der Waals surface area (Å²) >= 11 is 0. The maximum atomic E-state index is 11.1. The zero-order valence-corrected chi connectivity index (χ0v) is 8.08. The van der Waals surface area contributed by atoms with Crippen molar-refractivity contribution >= 4 is 5.91 Å². The molecular formula is C11H15NO. The van der Waals surface area contributed by atoms with Crippen molar-refractivity contribution in [3.63, 3.8) is 0 Å². The zero-order chi connectivity index (χ0) is 9.68. The molecule has 1 atom stereocenters. The lowest BCUT2D eigenvalue weighted by Gasteiger charge is -2.13. The van der Waals surface area contributed by atoms with Crippen LogP contribution < -0.4 is 5.32 Å². The number of carbonyl (C=O) groups is 1. The summed E-state index contributed by atoms with van der Waals surface area (Å²) < 4.78 is 0. The molecule has 0 aliphatic rings. The van der Waals surface area contributed by atoms with E-state index >= 15 is 0 Å². The summed E-state index contributed by atoms with van der Waals surface area (Å²) in [5.41, 5.74) is 1.14. The fourth-order valence-electron chi connectivity index (χ4n) is 1.17. The molecule has 1 N–H and O–H groups in total. The second kappa shape index (κ2) is 4.65. The van der Waals surface area contributed by atoms with Gasteiger partial charge in [-0.25, -0.2) is 0 Å². The van der Waals surface area contributed by atoms with Gasteiger partial charge in [0, 0.05) is 6.42 Å². The molecule has 0 bridgehead atoms. The minimum atomic E-state index is 0.0938. The molecule has 0 aliphatic heterocycles. The molecule has 0 aliphatic carbocycles. The van der Waals surface area contributed by atoms with Crippen LogP contribution in [0.15, 0.2) is 30.3 Å². The molecule has 1 amide bonds. The second-order valence-corrected chi connectivity index (χ2v) is 3.05. The van der Waals surface area contributed by atoms with Gasteiger partial charge >= 0.3 is 0 Å². The first-order chi connectivity index (χ1) is 6.24. The van der Waals surface area contributed by atoms with Crippen molar-refractivity contribution in [3.8, 4) is 0 Å². The quantitative estimate of drug-likeness (QED) is 0.754. The number of nitrogens with one attached hydrogen (secondary N) is 1. The molecule has 1 rings (SSSR count). The fourth-order valence-corrected chi connectivity index (χ4v) is 1.17. The molecule has 2 heteroatoms. The molecule has 0 radical (unpaired) electrons. The van der Waals surface area contributed by atoms with Crippen molar-refractivity contribution in [3.05, 3.63) is 35.9 Å². The average molecular weight is 177 g/mol. The number of hydrogen-bond acceptors (Lipinski definition) is 1. The maximum Gasteiger partial charge on any atom is 0.220 e. The van der Waals surface area contributed by atoms with Crippen LogP contribution in [-0.2, 0) is 4.79 Å². The minimum absolute atomic E-state index is 0.0938. The smallest absolute Gasteiger partial charge is 0.220 e. The summed E-state index contributed by atoms with van der Waals surface area (Å²) in [6.45, 7) is 3.84. The van der Waals surface area contributed by atoms with Crippen LogP contribution in [0.4, 0.5) is 0 Å². The minimum Gasteiger partial charge on any atom is -0.350 e. The molecular weight excluding hydrogens is 162 g/mol. The Balaban J connectivity index is 2.59. The highest BCUT2D eigenvalue weighted by Gasteiger charge is 2.06. The number of amides is 1. The van der Waals surface area contributed by atoms with Gasteiger partial charge in [0.1, 0.15) is 0 Å². The van der Waals surface area contributed by atoms with Gasteiger partial charge < -0.3 is 5.32 Å². The van der Waals surface area contributed by atoms with Crippen molar-refractivity contribution in [1.82, 2.24) is 5.32 Å². The molecule has 0 fully saturated rings. The molecule has 0 heterocycles. The monoisotopic (exact) mass is 177 g/mol. The Kier molecular flexibility index (Phi) is 3.50. The van der Waals surface area contributed by atoms with Crippen LogP contribution in [0.1, 0.15) is 31.9 Å². The van der Waals surface area contributed by atoms with E-state index in [-0.39, 0.29) is 11.9 Å². The van der Waals surface area contributed by atoms with Gasteiger partial charge in [-0.15, -0.1) is 0 Å². The van der Waals surface area contributed by atoms with E-state index in [1.54, 1.807) is 0 Å². The summed E-state index contributed by atoms with van der Waals surface area (Å²) in [6, 6.07) is 10.1. The van der Waals surface area contributed by atoms with Gasteiger partial charge in [0.25, 0.3) is 0 Å². The number of benzene rings is 1. The molecule has 13 heavy (non-hydrogen) atoms. The van der Waals surface area contributed by atoms with Gasteiger partial charge in [0.05, 0.1) is 6.04 Å². The predicted octanol–water partition coefficient (Wildman–Crippen LogP) is 2.27. The van der Waals surface area contributed by atoms with E-state index in [2.05, 4.69) is 5.32 Å². The van der Waals surface area contributed by atoms with Crippen LogP contribution in [0.25, 0.3) is 0 Å². The average Bonchev–Trinajstić information content (AvgIpc) is 2.19. The Bertz CT molecular complexity index is 269. The highest BCUT2D eigenvalue weighted by atomic mass is 16.1. The highest BCUT2D eigenvalue weighted by Crippen LogP contribution is 2.10. The largest absolute Gasteiger partial charge is 0.350 e. The summed E-state index contributed by atoms with van der Waals surface area (Å²) in [7, 11) is 0. The lowest BCUT2D eigenvalue weighted by Crippen LogP contribution is -2.25. The first-order valence-corrected chi connectivity index (χ1v) is 4.58. The Morgan fingerprint density at radius 2 is 2.00 bits per heavy atom. The summed E-state index contributed by atoms with van der Waals surface area (Å²) in [4.78, 5) is 11.1. The lowest BCUT2D eigenvalue weighted by atomic mass is 10.1. The Morgan fingerprint density at radius 1 is 1.38 bits per heavy atom. The summed E-state index contributed by atoms with van der Waals surface area (Å²) in [5.74, 6) is 0.0938. The van der Waals surface area contributed by atoms with Gasteiger partial charge in [-0.2, -0.15) is 0 Å². The van der Waals surface area contributed by atoms with E-state index in [0.29, 0.717) is 6.42 Å². The van der Waals surface area contributed by atoms with Gasteiger partial charge in [0.15, 0.2) is 0 Å². The van der Waals surface area contributed by atoms with Gasteiger partial charge in [-0.1, -0.05) is 37.3 Å². The standard InChI is InChI=1S/C11H15NO/c1-3-11(13)12-9(2)10-7-5-4-6-8-10/h4-9H,3H2,1-2H3,(H,12,13)/t9-/m1/s1. The number of rotatable bonds is 3. The van der Waals surface area contributed by atoms with Crippen LogP contribution in [0.2, 0.25) is 0 Å². The molecule has 70 valence electrons. The van der Waals surface area contributed by atoms with Gasteiger partial charge in [-0.05, 0) is 12.5 Å². The van der Waals surface area contributed by atoms with E-state index in [9.17, 15) is 4.79 Å². The molecule has 1 aromatic rings. The third-order valence-corrected chi connectivity index (χ3v) is 2.00. The van der Waals surface area contributed by atoms with Crippen molar-refractivity contribution < 1.29 is 4.79 Å². The first-order valence-electron chi connectivity index (χ1n) is 4.58. The van der Waals surface area contributed by atoms with Crippen molar-refractivity contribution in [2.45, 2.75) is 26.3 Å². The molecule has 0 saturated carbocycles. The molecule has 0 aromatic heterocycles. The molecule has 0 spiro atoms. The van der Waals surface area contributed by atoms with Crippen LogP contribution >= 0.6 is 0 Å². The van der Waals surface area contributed by atoms with E-state index in [4.69, 9.17) is 0 Å². The first kappa shape index (κ1) is 9.78. The predicted molar refractivity (Wildman–Crippen MR) is 53.3 cm³/mol. The summed E-state index contributed by atoms with van der Waals surface area (Å²) in [5, 5.41) is 2.91. The Hall–Kier alpha value is -1.31. The van der Waals surface area contributed by atoms with E-state index < -0.39 is 0 Å². The Labute approximate surface area is 79.0 Å². The fraction of sp³-hybridized carbons (Fsp3) is 0.364. The molecule has 0 saturated heterocycles. The highest BCUT2D eigenvalue weighted by molar-refractivity contribution is 5.75.